The highest BCUT2D eigenvalue weighted by atomic mass is 32.2. The number of unbranched alkanes of at least 4 members (excludes halogenated alkanes) is 1. The van der Waals surface area contributed by atoms with Crippen LogP contribution in [0.5, 0.6) is 0 Å². The molecule has 5 nitrogen and oxygen atoms in total. The van der Waals surface area contributed by atoms with E-state index in [9.17, 15) is 9.59 Å². The highest BCUT2D eigenvalue weighted by Gasteiger charge is 2.42. The molecule has 0 spiro atoms. The van der Waals surface area contributed by atoms with Gasteiger partial charge in [-0.05, 0) is 37.3 Å². The summed E-state index contributed by atoms with van der Waals surface area (Å²) in [7, 11) is 0. The fourth-order valence-corrected chi connectivity index (χ4v) is 5.20. The molecule has 0 radical (unpaired) electrons. The zero-order valence-corrected chi connectivity index (χ0v) is 15.3. The van der Waals surface area contributed by atoms with Gasteiger partial charge >= 0.3 is 6.03 Å². The molecule has 2 saturated heterocycles. The summed E-state index contributed by atoms with van der Waals surface area (Å²) in [4.78, 5) is 24.5. The Labute approximate surface area is 151 Å². The normalized spacial score (nSPS) is 25.0. The number of benzene rings is 1. The molecular formula is C17H23N3O2S2. The summed E-state index contributed by atoms with van der Waals surface area (Å²) in [5.74, 6) is 1.06. The predicted molar refractivity (Wildman–Crippen MR) is 101 cm³/mol. The SMILES string of the molecule is CSc1cccc(NC(=O)CCCC[C@@H]2SC[C@@H]3NC(=O)N[C@@H]32)c1. The molecule has 3 atom stereocenters. The number of carbonyl (C=O) groups is 2. The van der Waals surface area contributed by atoms with Gasteiger partial charge in [0, 0.05) is 28.0 Å². The maximum absolute atomic E-state index is 12.0. The van der Waals surface area contributed by atoms with Gasteiger partial charge in [-0.3, -0.25) is 4.79 Å². The van der Waals surface area contributed by atoms with E-state index in [4.69, 9.17) is 0 Å². The number of hydrogen-bond donors (Lipinski definition) is 3. The van der Waals surface area contributed by atoms with Gasteiger partial charge in [-0.25, -0.2) is 4.79 Å². The molecule has 7 heteroatoms. The highest BCUT2D eigenvalue weighted by molar-refractivity contribution is 8.00. The van der Waals surface area contributed by atoms with E-state index < -0.39 is 0 Å². The molecule has 24 heavy (non-hydrogen) atoms. The first-order valence-corrected chi connectivity index (χ1v) is 10.6. The van der Waals surface area contributed by atoms with Crippen LogP contribution in [0.25, 0.3) is 0 Å². The molecule has 2 heterocycles. The third-order valence-corrected chi connectivity index (χ3v) is 6.67. The standard InChI is InChI=1S/C17H23N3O2S2/c1-23-12-6-4-5-11(9-12)18-15(21)8-3-2-7-14-16-13(10-24-14)19-17(22)20-16/h4-6,9,13-14,16H,2-3,7-8,10H2,1H3,(H,18,21)(H2,19,20,22)/t13-,14-,16-/m0/s1. The average Bonchev–Trinajstić information content (AvgIpc) is 3.11. The molecule has 0 aromatic heterocycles. The van der Waals surface area contributed by atoms with Crippen LogP contribution >= 0.6 is 23.5 Å². The minimum absolute atomic E-state index is 0.0397. The topological polar surface area (TPSA) is 70.2 Å². The van der Waals surface area contributed by atoms with Crippen LogP contribution in [0, 0.1) is 0 Å². The van der Waals surface area contributed by atoms with Crippen LogP contribution in [0.1, 0.15) is 25.7 Å². The molecule has 2 aliphatic heterocycles. The Morgan fingerprint density at radius 1 is 1.38 bits per heavy atom. The maximum atomic E-state index is 12.0. The summed E-state index contributed by atoms with van der Waals surface area (Å²) >= 11 is 3.59. The summed E-state index contributed by atoms with van der Waals surface area (Å²) in [6.45, 7) is 0. The molecule has 2 aliphatic rings. The van der Waals surface area contributed by atoms with Crippen molar-refractivity contribution >= 4 is 41.1 Å². The molecule has 3 amide bonds. The number of urea groups is 1. The van der Waals surface area contributed by atoms with Gasteiger partial charge in [0.2, 0.25) is 5.91 Å². The first kappa shape index (κ1) is 17.5. The van der Waals surface area contributed by atoms with Crippen molar-refractivity contribution < 1.29 is 9.59 Å². The number of nitrogens with one attached hydrogen (secondary N) is 3. The number of hydrogen-bond acceptors (Lipinski definition) is 4. The molecule has 3 rings (SSSR count). The van der Waals surface area contributed by atoms with Gasteiger partial charge in [0.1, 0.15) is 0 Å². The van der Waals surface area contributed by atoms with Crippen LogP contribution in [0.4, 0.5) is 10.5 Å². The van der Waals surface area contributed by atoms with Crippen molar-refractivity contribution in [1.82, 2.24) is 10.6 Å². The van der Waals surface area contributed by atoms with Crippen molar-refractivity contribution in [2.24, 2.45) is 0 Å². The molecule has 1 aromatic rings. The van der Waals surface area contributed by atoms with Crippen molar-refractivity contribution in [3.05, 3.63) is 24.3 Å². The fourth-order valence-electron chi connectivity index (χ4n) is 3.20. The highest BCUT2D eigenvalue weighted by Crippen LogP contribution is 2.33. The van der Waals surface area contributed by atoms with E-state index in [2.05, 4.69) is 16.0 Å². The lowest BCUT2D eigenvalue weighted by atomic mass is 10.0. The van der Waals surface area contributed by atoms with Gasteiger partial charge in [0.05, 0.1) is 12.1 Å². The van der Waals surface area contributed by atoms with E-state index in [1.807, 2.05) is 42.3 Å². The van der Waals surface area contributed by atoms with Crippen molar-refractivity contribution in [2.45, 2.75) is 47.9 Å². The number of rotatable bonds is 7. The quantitative estimate of drug-likeness (QED) is 0.395. The van der Waals surface area contributed by atoms with Crippen LogP contribution in [-0.4, -0.2) is 41.3 Å². The lowest BCUT2D eigenvalue weighted by Crippen LogP contribution is -2.36. The molecule has 0 aliphatic carbocycles. The van der Waals surface area contributed by atoms with Crippen molar-refractivity contribution in [2.75, 3.05) is 17.3 Å². The van der Waals surface area contributed by atoms with Crippen LogP contribution in [0.15, 0.2) is 29.2 Å². The Kier molecular flexibility index (Phi) is 5.94. The van der Waals surface area contributed by atoms with Gasteiger partial charge in [-0.15, -0.1) is 11.8 Å². The molecule has 0 saturated carbocycles. The molecular weight excluding hydrogens is 342 g/mol. The van der Waals surface area contributed by atoms with Crippen LogP contribution in [0.3, 0.4) is 0 Å². The van der Waals surface area contributed by atoms with E-state index in [0.717, 1.165) is 35.6 Å². The van der Waals surface area contributed by atoms with Gasteiger partial charge in [-0.1, -0.05) is 12.5 Å². The Morgan fingerprint density at radius 2 is 2.25 bits per heavy atom. The maximum Gasteiger partial charge on any atom is 0.315 e. The minimum atomic E-state index is -0.0397. The second kappa shape index (κ2) is 8.16. The van der Waals surface area contributed by atoms with Crippen LogP contribution in [-0.2, 0) is 4.79 Å². The lowest BCUT2D eigenvalue weighted by Gasteiger charge is -2.16. The summed E-state index contributed by atoms with van der Waals surface area (Å²) in [5.41, 5.74) is 0.862. The van der Waals surface area contributed by atoms with E-state index in [1.165, 1.54) is 0 Å². The smallest absolute Gasteiger partial charge is 0.315 e. The first-order valence-electron chi connectivity index (χ1n) is 8.28. The van der Waals surface area contributed by atoms with Crippen LogP contribution < -0.4 is 16.0 Å². The summed E-state index contributed by atoms with van der Waals surface area (Å²) < 4.78 is 0. The largest absolute Gasteiger partial charge is 0.332 e. The number of thioether (sulfide) groups is 2. The van der Waals surface area contributed by atoms with Crippen molar-refractivity contribution in [3.63, 3.8) is 0 Å². The lowest BCUT2D eigenvalue weighted by molar-refractivity contribution is -0.116. The number of carbonyl (C=O) groups excluding carboxylic acids is 2. The van der Waals surface area contributed by atoms with E-state index >= 15 is 0 Å². The fraction of sp³-hybridized carbons (Fsp3) is 0.529. The van der Waals surface area contributed by atoms with Crippen molar-refractivity contribution in [1.29, 1.82) is 0 Å². The predicted octanol–water partition coefficient (Wildman–Crippen LogP) is 3.07. The number of fused-ring (bicyclic) bond motifs is 1. The monoisotopic (exact) mass is 365 g/mol. The van der Waals surface area contributed by atoms with Gasteiger partial charge in [0.15, 0.2) is 0 Å². The van der Waals surface area contributed by atoms with Gasteiger partial charge in [0.25, 0.3) is 0 Å². The summed E-state index contributed by atoms with van der Waals surface area (Å²) in [5, 5.41) is 9.39. The van der Waals surface area contributed by atoms with Crippen molar-refractivity contribution in [3.8, 4) is 0 Å². The van der Waals surface area contributed by atoms with E-state index in [0.29, 0.717) is 11.7 Å². The Hall–Kier alpha value is -1.34. The molecule has 2 fully saturated rings. The van der Waals surface area contributed by atoms with E-state index in [-0.39, 0.29) is 24.0 Å². The zero-order chi connectivity index (χ0) is 16.9. The summed E-state index contributed by atoms with van der Waals surface area (Å²) in [6, 6.07) is 8.39. The Balaban J connectivity index is 1.36. The molecule has 0 unspecified atom stereocenters. The molecule has 1 aromatic carbocycles. The number of amides is 3. The third kappa shape index (κ3) is 4.39. The molecule has 0 bridgehead atoms. The number of anilines is 1. The van der Waals surface area contributed by atoms with Crippen LogP contribution in [0.2, 0.25) is 0 Å². The third-order valence-electron chi connectivity index (χ3n) is 4.43. The second-order valence-corrected chi connectivity index (χ2v) is 8.30. The molecule has 130 valence electrons. The Morgan fingerprint density at radius 3 is 3.08 bits per heavy atom. The molecule has 3 N–H and O–H groups in total. The second-order valence-electron chi connectivity index (χ2n) is 6.15. The Bertz CT molecular complexity index is 611. The zero-order valence-electron chi connectivity index (χ0n) is 13.7. The first-order chi connectivity index (χ1) is 11.7. The summed E-state index contributed by atoms with van der Waals surface area (Å²) in [6.07, 6.45) is 5.50. The minimum Gasteiger partial charge on any atom is -0.332 e. The van der Waals surface area contributed by atoms with Gasteiger partial charge < -0.3 is 16.0 Å². The van der Waals surface area contributed by atoms with Gasteiger partial charge in [-0.2, -0.15) is 11.8 Å². The average molecular weight is 366 g/mol. The van der Waals surface area contributed by atoms with E-state index in [1.54, 1.807) is 11.8 Å².